The van der Waals surface area contributed by atoms with Crippen molar-refractivity contribution in [3.05, 3.63) is 11.0 Å². The van der Waals surface area contributed by atoms with Crippen molar-refractivity contribution >= 4 is 11.8 Å². The normalized spacial score (nSPS) is 12.3. The van der Waals surface area contributed by atoms with Gasteiger partial charge in [0.1, 0.15) is 0 Å². The molecule has 0 amide bonds. The SMILES string of the molecule is CCC=C(CCCCCCN(CC)CC)SCCCC. The van der Waals surface area contributed by atoms with E-state index in [-0.39, 0.29) is 0 Å². The molecule has 0 aromatic heterocycles. The zero-order valence-corrected chi connectivity index (χ0v) is 15.2. The van der Waals surface area contributed by atoms with Crippen molar-refractivity contribution in [2.24, 2.45) is 0 Å². The van der Waals surface area contributed by atoms with Crippen molar-refractivity contribution in [2.45, 2.75) is 79.1 Å². The molecule has 120 valence electrons. The van der Waals surface area contributed by atoms with Gasteiger partial charge >= 0.3 is 0 Å². The maximum absolute atomic E-state index is 2.53. The van der Waals surface area contributed by atoms with Crippen molar-refractivity contribution in [3.8, 4) is 0 Å². The summed E-state index contributed by atoms with van der Waals surface area (Å²) in [6, 6.07) is 0. The van der Waals surface area contributed by atoms with Crippen LogP contribution in [0, 0.1) is 0 Å². The fourth-order valence-corrected chi connectivity index (χ4v) is 3.60. The first kappa shape index (κ1) is 20.1. The van der Waals surface area contributed by atoms with Crippen molar-refractivity contribution in [1.29, 1.82) is 0 Å². The first-order chi connectivity index (χ1) is 9.78. The van der Waals surface area contributed by atoms with E-state index in [4.69, 9.17) is 0 Å². The van der Waals surface area contributed by atoms with Crippen LogP contribution in [0.15, 0.2) is 11.0 Å². The summed E-state index contributed by atoms with van der Waals surface area (Å²) in [6.45, 7) is 12.7. The third-order valence-electron chi connectivity index (χ3n) is 3.76. The van der Waals surface area contributed by atoms with Gasteiger partial charge in [0.25, 0.3) is 0 Å². The van der Waals surface area contributed by atoms with Crippen LogP contribution in [0.1, 0.15) is 79.1 Å². The van der Waals surface area contributed by atoms with Gasteiger partial charge in [-0.25, -0.2) is 0 Å². The van der Waals surface area contributed by atoms with E-state index in [1.165, 1.54) is 76.8 Å². The maximum atomic E-state index is 2.53. The number of rotatable bonds is 14. The minimum Gasteiger partial charge on any atom is -0.304 e. The van der Waals surface area contributed by atoms with Crippen LogP contribution in [0.4, 0.5) is 0 Å². The van der Waals surface area contributed by atoms with E-state index in [0.29, 0.717) is 0 Å². The van der Waals surface area contributed by atoms with Crippen molar-refractivity contribution in [2.75, 3.05) is 25.4 Å². The molecule has 0 aromatic carbocycles. The molecule has 0 fully saturated rings. The van der Waals surface area contributed by atoms with E-state index in [9.17, 15) is 0 Å². The number of hydrogen-bond acceptors (Lipinski definition) is 2. The number of nitrogens with zero attached hydrogens (tertiary/aromatic N) is 1. The maximum Gasteiger partial charge on any atom is -0.00190 e. The van der Waals surface area contributed by atoms with Gasteiger partial charge in [-0.2, -0.15) is 0 Å². The van der Waals surface area contributed by atoms with Gasteiger partial charge in [0.05, 0.1) is 0 Å². The largest absolute Gasteiger partial charge is 0.304 e. The van der Waals surface area contributed by atoms with Crippen LogP contribution in [0.5, 0.6) is 0 Å². The minimum atomic E-state index is 1.19. The topological polar surface area (TPSA) is 3.24 Å². The molecule has 20 heavy (non-hydrogen) atoms. The smallest absolute Gasteiger partial charge is 0.00190 e. The molecule has 0 saturated heterocycles. The summed E-state index contributed by atoms with van der Waals surface area (Å²) < 4.78 is 0. The molecule has 0 bridgehead atoms. The Hall–Kier alpha value is 0.0500. The van der Waals surface area contributed by atoms with Crippen LogP contribution in [0.2, 0.25) is 0 Å². The second kappa shape index (κ2) is 15.4. The van der Waals surface area contributed by atoms with E-state index in [2.05, 4.69) is 50.4 Å². The Morgan fingerprint density at radius 2 is 1.60 bits per heavy atom. The minimum absolute atomic E-state index is 1.19. The van der Waals surface area contributed by atoms with Crippen molar-refractivity contribution in [3.63, 3.8) is 0 Å². The molecule has 0 rings (SSSR count). The van der Waals surface area contributed by atoms with Crippen LogP contribution >= 0.6 is 11.8 Å². The van der Waals surface area contributed by atoms with Crippen LogP contribution in [0.25, 0.3) is 0 Å². The monoisotopic (exact) mass is 299 g/mol. The Kier molecular flexibility index (Phi) is 15.5. The van der Waals surface area contributed by atoms with E-state index in [1.807, 2.05) is 0 Å². The van der Waals surface area contributed by atoms with E-state index < -0.39 is 0 Å². The van der Waals surface area contributed by atoms with Crippen LogP contribution < -0.4 is 0 Å². The lowest BCUT2D eigenvalue weighted by atomic mass is 10.1. The third kappa shape index (κ3) is 11.8. The molecule has 0 N–H and O–H groups in total. The summed E-state index contributed by atoms with van der Waals surface area (Å²) in [6.07, 6.45) is 13.2. The summed E-state index contributed by atoms with van der Waals surface area (Å²) in [7, 11) is 0. The molecular formula is C18H37NS. The fraction of sp³-hybridized carbons (Fsp3) is 0.889. The first-order valence-electron chi connectivity index (χ1n) is 8.82. The predicted octanol–water partition coefficient (Wildman–Crippen LogP) is 6.11. The molecule has 0 aliphatic rings. The quantitative estimate of drug-likeness (QED) is 0.356. The molecule has 0 unspecified atom stereocenters. The molecule has 0 radical (unpaired) electrons. The molecule has 1 nitrogen and oxygen atoms in total. The lowest BCUT2D eigenvalue weighted by Gasteiger charge is -2.17. The number of unbranched alkanes of at least 4 members (excludes halogenated alkanes) is 4. The van der Waals surface area contributed by atoms with E-state index in [1.54, 1.807) is 4.91 Å². The first-order valence-corrected chi connectivity index (χ1v) is 9.81. The second-order valence-electron chi connectivity index (χ2n) is 5.47. The molecule has 0 heterocycles. The van der Waals surface area contributed by atoms with Gasteiger partial charge in [0, 0.05) is 0 Å². The average molecular weight is 300 g/mol. The zero-order chi connectivity index (χ0) is 15.1. The Bertz CT molecular complexity index is 221. The van der Waals surface area contributed by atoms with Crippen LogP contribution in [0.3, 0.4) is 0 Å². The molecule has 0 spiro atoms. The van der Waals surface area contributed by atoms with Gasteiger partial charge in [-0.1, -0.05) is 53.0 Å². The summed E-state index contributed by atoms with van der Waals surface area (Å²) in [5.74, 6) is 1.31. The molecule has 2 heteroatoms. The summed E-state index contributed by atoms with van der Waals surface area (Å²) >= 11 is 2.10. The number of hydrogen-bond donors (Lipinski definition) is 0. The molecular weight excluding hydrogens is 262 g/mol. The summed E-state index contributed by atoms with van der Waals surface area (Å²) in [5, 5.41) is 0. The highest BCUT2D eigenvalue weighted by Gasteiger charge is 2.00. The Balaban J connectivity index is 3.60. The molecule has 0 aromatic rings. The molecule has 0 aliphatic heterocycles. The lowest BCUT2D eigenvalue weighted by Crippen LogP contribution is -2.23. The standard InChI is InChI=1S/C18H37NS/c1-5-9-17-20-18(14-6-2)15-12-10-11-13-16-19(7-3)8-4/h14H,5-13,15-17H2,1-4H3. The third-order valence-corrected chi connectivity index (χ3v) is 4.99. The van der Waals surface area contributed by atoms with Gasteiger partial charge in [-0.15, -0.1) is 11.8 Å². The van der Waals surface area contributed by atoms with Gasteiger partial charge in [-0.3, -0.25) is 0 Å². The molecule has 0 saturated carbocycles. The van der Waals surface area contributed by atoms with Gasteiger partial charge < -0.3 is 4.90 Å². The van der Waals surface area contributed by atoms with Crippen LogP contribution in [-0.4, -0.2) is 30.3 Å². The highest BCUT2D eigenvalue weighted by molar-refractivity contribution is 8.03. The predicted molar refractivity (Wildman–Crippen MR) is 96.6 cm³/mol. The van der Waals surface area contributed by atoms with Crippen LogP contribution in [-0.2, 0) is 0 Å². The van der Waals surface area contributed by atoms with Gasteiger partial charge in [-0.05, 0) is 62.4 Å². The average Bonchev–Trinajstić information content (AvgIpc) is 2.46. The van der Waals surface area contributed by atoms with E-state index in [0.717, 1.165) is 0 Å². The van der Waals surface area contributed by atoms with E-state index >= 15 is 0 Å². The van der Waals surface area contributed by atoms with Crippen molar-refractivity contribution < 1.29 is 0 Å². The Morgan fingerprint density at radius 1 is 0.900 bits per heavy atom. The van der Waals surface area contributed by atoms with Gasteiger partial charge in [0.2, 0.25) is 0 Å². The summed E-state index contributed by atoms with van der Waals surface area (Å²) in [5.41, 5.74) is 0. The highest BCUT2D eigenvalue weighted by Crippen LogP contribution is 2.24. The lowest BCUT2D eigenvalue weighted by molar-refractivity contribution is 0.295. The Labute approximate surface area is 132 Å². The summed E-state index contributed by atoms with van der Waals surface area (Å²) in [4.78, 5) is 4.17. The van der Waals surface area contributed by atoms with Gasteiger partial charge in [0.15, 0.2) is 0 Å². The number of allylic oxidation sites excluding steroid dienone is 2. The number of thioether (sulfide) groups is 1. The molecule has 0 aliphatic carbocycles. The highest BCUT2D eigenvalue weighted by atomic mass is 32.2. The Morgan fingerprint density at radius 3 is 2.20 bits per heavy atom. The fourth-order valence-electron chi connectivity index (χ4n) is 2.34. The van der Waals surface area contributed by atoms with Crippen molar-refractivity contribution in [1.82, 2.24) is 4.90 Å². The zero-order valence-electron chi connectivity index (χ0n) is 14.4. The second-order valence-corrected chi connectivity index (χ2v) is 6.69. The molecule has 0 atom stereocenters.